The highest BCUT2D eigenvalue weighted by atomic mass is 16.3. The molecular weight excluding hydrogens is 238 g/mol. The maximum absolute atomic E-state index is 12.5. The first-order valence-corrected chi connectivity index (χ1v) is 6.25. The van der Waals surface area contributed by atoms with E-state index >= 15 is 0 Å². The molecule has 94 valence electrons. The lowest BCUT2D eigenvalue weighted by atomic mass is 10.0. The van der Waals surface area contributed by atoms with Crippen LogP contribution in [0.2, 0.25) is 0 Å². The van der Waals surface area contributed by atoms with Crippen molar-refractivity contribution in [1.29, 1.82) is 0 Å². The topological polar surface area (TPSA) is 43.1 Å². The molecule has 3 nitrogen and oxygen atoms in total. The maximum Gasteiger partial charge on any atom is 0.228 e. The van der Waals surface area contributed by atoms with Crippen LogP contribution in [0.15, 0.2) is 53.2 Å². The largest absolute Gasteiger partial charge is 0.458 e. The van der Waals surface area contributed by atoms with E-state index in [0.717, 1.165) is 23.0 Å². The number of nitrogens with zero attached hydrogens (tertiary/aromatic N) is 1. The quantitative estimate of drug-likeness (QED) is 0.668. The van der Waals surface area contributed by atoms with Crippen molar-refractivity contribution in [2.45, 2.75) is 13.3 Å². The summed E-state index contributed by atoms with van der Waals surface area (Å²) in [6, 6.07) is 11.1. The highest BCUT2D eigenvalue weighted by Crippen LogP contribution is 2.21. The van der Waals surface area contributed by atoms with Gasteiger partial charge in [0.05, 0.1) is 0 Å². The number of carbonyl (C=O) groups excluding carboxylic acids is 1. The van der Waals surface area contributed by atoms with Crippen molar-refractivity contribution in [2.24, 2.45) is 0 Å². The highest BCUT2D eigenvalue weighted by Gasteiger charge is 2.15. The van der Waals surface area contributed by atoms with Crippen LogP contribution >= 0.6 is 0 Å². The Balaban J connectivity index is 2.11. The first-order valence-electron chi connectivity index (χ1n) is 6.25. The molecule has 1 aromatic carbocycles. The normalized spacial score (nSPS) is 10.8. The summed E-state index contributed by atoms with van der Waals surface area (Å²) in [6.45, 7) is 2.00. The van der Waals surface area contributed by atoms with Crippen molar-refractivity contribution in [3.05, 3.63) is 65.9 Å². The zero-order valence-corrected chi connectivity index (χ0v) is 10.6. The molecule has 0 amide bonds. The SMILES string of the molecule is CCc1ccc(C(=O)c2cccc3cnccc23)o1. The van der Waals surface area contributed by atoms with Gasteiger partial charge in [-0.3, -0.25) is 9.78 Å². The second-order valence-electron chi connectivity index (χ2n) is 4.35. The minimum Gasteiger partial charge on any atom is -0.458 e. The van der Waals surface area contributed by atoms with Crippen LogP contribution < -0.4 is 0 Å². The Morgan fingerprint density at radius 3 is 2.89 bits per heavy atom. The Kier molecular flexibility index (Phi) is 2.88. The third-order valence-corrected chi connectivity index (χ3v) is 3.16. The average Bonchev–Trinajstić information content (AvgIpc) is 2.95. The predicted molar refractivity (Wildman–Crippen MR) is 73.3 cm³/mol. The summed E-state index contributed by atoms with van der Waals surface area (Å²) in [5.41, 5.74) is 0.650. The molecule has 2 heterocycles. The second-order valence-corrected chi connectivity index (χ2v) is 4.35. The standard InChI is InChI=1S/C16H13NO2/c1-2-12-6-7-15(19-12)16(18)14-5-3-4-11-10-17-9-8-13(11)14/h3-10H,2H2,1H3. The number of aryl methyl sites for hydroxylation is 1. The third kappa shape index (κ3) is 2.03. The minimum atomic E-state index is -0.0866. The fourth-order valence-electron chi connectivity index (χ4n) is 2.14. The predicted octanol–water partition coefficient (Wildman–Crippen LogP) is 3.62. The Labute approximate surface area is 110 Å². The lowest BCUT2D eigenvalue weighted by Gasteiger charge is -2.03. The number of fused-ring (bicyclic) bond motifs is 1. The first-order chi connectivity index (χ1) is 9.29. The molecule has 0 unspecified atom stereocenters. The molecule has 3 rings (SSSR count). The van der Waals surface area contributed by atoms with Crippen LogP contribution in [0.25, 0.3) is 10.8 Å². The molecule has 0 N–H and O–H groups in total. The van der Waals surface area contributed by atoms with Gasteiger partial charge < -0.3 is 4.42 Å². The Morgan fingerprint density at radius 1 is 1.21 bits per heavy atom. The van der Waals surface area contributed by atoms with Crippen LogP contribution in [0, 0.1) is 0 Å². The molecule has 2 aromatic heterocycles. The molecule has 0 atom stereocenters. The van der Waals surface area contributed by atoms with E-state index < -0.39 is 0 Å². The van der Waals surface area contributed by atoms with Crippen LogP contribution in [-0.2, 0) is 6.42 Å². The molecule has 19 heavy (non-hydrogen) atoms. The van der Waals surface area contributed by atoms with Gasteiger partial charge in [0.15, 0.2) is 5.76 Å². The van der Waals surface area contributed by atoms with Crippen LogP contribution in [-0.4, -0.2) is 10.8 Å². The van der Waals surface area contributed by atoms with Gasteiger partial charge >= 0.3 is 0 Å². The summed E-state index contributed by atoms with van der Waals surface area (Å²) in [5.74, 6) is 1.13. The van der Waals surface area contributed by atoms with Gasteiger partial charge in [-0.15, -0.1) is 0 Å². The van der Waals surface area contributed by atoms with Crippen molar-refractivity contribution in [1.82, 2.24) is 4.98 Å². The molecule has 0 aliphatic rings. The number of hydrogen-bond acceptors (Lipinski definition) is 3. The smallest absolute Gasteiger partial charge is 0.228 e. The Bertz CT molecular complexity index is 738. The van der Waals surface area contributed by atoms with Crippen LogP contribution in [0.1, 0.15) is 28.8 Å². The fourth-order valence-corrected chi connectivity index (χ4v) is 2.14. The van der Waals surface area contributed by atoms with E-state index in [4.69, 9.17) is 4.42 Å². The molecule has 0 saturated carbocycles. The molecule has 0 saturated heterocycles. The summed E-state index contributed by atoms with van der Waals surface area (Å²) in [7, 11) is 0. The molecular formula is C16H13NO2. The minimum absolute atomic E-state index is 0.0866. The van der Waals surface area contributed by atoms with E-state index in [2.05, 4.69) is 4.98 Å². The molecule has 3 aromatic rings. The lowest BCUT2D eigenvalue weighted by molar-refractivity contribution is 0.101. The maximum atomic E-state index is 12.5. The number of pyridine rings is 1. The second kappa shape index (κ2) is 4.69. The average molecular weight is 251 g/mol. The van der Waals surface area contributed by atoms with Gasteiger partial charge in [-0.25, -0.2) is 0 Å². The fraction of sp³-hybridized carbons (Fsp3) is 0.125. The highest BCUT2D eigenvalue weighted by molar-refractivity contribution is 6.15. The number of aromatic nitrogens is 1. The molecule has 3 heteroatoms. The van der Waals surface area contributed by atoms with Crippen molar-refractivity contribution in [2.75, 3.05) is 0 Å². The zero-order valence-electron chi connectivity index (χ0n) is 10.6. The number of ketones is 1. The zero-order chi connectivity index (χ0) is 13.2. The van der Waals surface area contributed by atoms with Gasteiger partial charge in [0.1, 0.15) is 5.76 Å². The number of rotatable bonds is 3. The Morgan fingerprint density at radius 2 is 2.11 bits per heavy atom. The van der Waals surface area contributed by atoms with Crippen molar-refractivity contribution >= 4 is 16.6 Å². The molecule has 0 radical (unpaired) electrons. The van der Waals surface area contributed by atoms with E-state index in [1.807, 2.05) is 37.3 Å². The van der Waals surface area contributed by atoms with Gasteiger partial charge in [0.2, 0.25) is 5.78 Å². The van der Waals surface area contributed by atoms with Crippen molar-refractivity contribution < 1.29 is 9.21 Å². The molecule has 0 spiro atoms. The van der Waals surface area contributed by atoms with Crippen molar-refractivity contribution in [3.8, 4) is 0 Å². The number of hydrogen-bond donors (Lipinski definition) is 0. The monoisotopic (exact) mass is 251 g/mol. The summed E-state index contributed by atoms with van der Waals surface area (Å²) < 4.78 is 5.53. The van der Waals surface area contributed by atoms with E-state index in [1.54, 1.807) is 18.5 Å². The first kappa shape index (κ1) is 11.7. The summed E-state index contributed by atoms with van der Waals surface area (Å²) >= 11 is 0. The molecule has 0 aliphatic heterocycles. The molecule has 0 bridgehead atoms. The van der Waals surface area contributed by atoms with E-state index in [0.29, 0.717) is 11.3 Å². The number of benzene rings is 1. The van der Waals surface area contributed by atoms with E-state index in [-0.39, 0.29) is 5.78 Å². The molecule has 0 fully saturated rings. The Hall–Kier alpha value is -2.42. The molecule has 0 aliphatic carbocycles. The van der Waals surface area contributed by atoms with Crippen LogP contribution in [0.4, 0.5) is 0 Å². The number of carbonyl (C=O) groups is 1. The van der Waals surface area contributed by atoms with Crippen molar-refractivity contribution in [3.63, 3.8) is 0 Å². The van der Waals surface area contributed by atoms with Gasteiger partial charge in [-0.1, -0.05) is 25.1 Å². The third-order valence-electron chi connectivity index (χ3n) is 3.16. The van der Waals surface area contributed by atoms with Gasteiger partial charge in [-0.2, -0.15) is 0 Å². The van der Waals surface area contributed by atoms with Gasteiger partial charge in [0.25, 0.3) is 0 Å². The van der Waals surface area contributed by atoms with Gasteiger partial charge in [0, 0.05) is 29.8 Å². The summed E-state index contributed by atoms with van der Waals surface area (Å²) in [6.07, 6.45) is 4.23. The number of furan rings is 1. The van der Waals surface area contributed by atoms with Gasteiger partial charge in [-0.05, 0) is 23.6 Å². The summed E-state index contributed by atoms with van der Waals surface area (Å²) in [4.78, 5) is 16.5. The van der Waals surface area contributed by atoms with Crippen LogP contribution in [0.3, 0.4) is 0 Å². The van der Waals surface area contributed by atoms with E-state index in [9.17, 15) is 4.79 Å². The summed E-state index contributed by atoms with van der Waals surface area (Å²) in [5, 5.41) is 1.85. The van der Waals surface area contributed by atoms with E-state index in [1.165, 1.54) is 0 Å². The van der Waals surface area contributed by atoms with Crippen LogP contribution in [0.5, 0.6) is 0 Å². The lowest BCUT2D eigenvalue weighted by Crippen LogP contribution is -2.00.